The van der Waals surface area contributed by atoms with E-state index >= 15 is 0 Å². The highest BCUT2D eigenvalue weighted by atomic mass is 32.2. The lowest BCUT2D eigenvalue weighted by molar-refractivity contribution is -0.112. The van der Waals surface area contributed by atoms with Gasteiger partial charge in [0.2, 0.25) is 0 Å². The Morgan fingerprint density at radius 2 is 1.55 bits per heavy atom. The van der Waals surface area contributed by atoms with E-state index in [0.29, 0.717) is 9.81 Å². The summed E-state index contributed by atoms with van der Waals surface area (Å²) < 4.78 is 0. The van der Waals surface area contributed by atoms with Crippen molar-refractivity contribution in [3.8, 4) is 0 Å². The van der Waals surface area contributed by atoms with Gasteiger partial charge in [0, 0.05) is 9.79 Å². The van der Waals surface area contributed by atoms with Crippen LogP contribution in [-0.4, -0.2) is 17.2 Å². The second-order valence-electron chi connectivity index (χ2n) is 4.89. The number of hydrogen-bond donors (Lipinski definition) is 3. The molecule has 0 saturated carbocycles. The van der Waals surface area contributed by atoms with Crippen LogP contribution < -0.4 is 10.6 Å². The lowest BCUT2D eigenvalue weighted by Crippen LogP contribution is -2.28. The number of carbonyl (C=O) groups is 1. The van der Waals surface area contributed by atoms with E-state index in [1.54, 1.807) is 0 Å². The van der Waals surface area contributed by atoms with Crippen LogP contribution in [0.3, 0.4) is 0 Å². The number of fused-ring (bicyclic) bond motifs is 2. The number of hydrogen-bond acceptors (Lipinski definition) is 5. The van der Waals surface area contributed by atoms with Crippen LogP contribution in [-0.2, 0) is 4.79 Å². The second kappa shape index (κ2) is 5.39. The van der Waals surface area contributed by atoms with Gasteiger partial charge >= 0.3 is 0 Å². The fourth-order valence-corrected chi connectivity index (χ4v) is 4.57. The van der Waals surface area contributed by atoms with E-state index in [4.69, 9.17) is 0 Å². The molecule has 2 aromatic rings. The number of amides is 1. The monoisotopic (exact) mass is 328 g/mol. The van der Waals surface area contributed by atoms with Gasteiger partial charge in [-0.25, -0.2) is 0 Å². The van der Waals surface area contributed by atoms with E-state index in [1.165, 1.54) is 23.5 Å². The molecule has 2 heterocycles. The van der Waals surface area contributed by atoms with Crippen molar-refractivity contribution in [3.63, 3.8) is 0 Å². The quantitative estimate of drug-likeness (QED) is 0.646. The molecule has 0 aliphatic carbocycles. The lowest BCUT2D eigenvalue weighted by atomic mass is 10.3. The van der Waals surface area contributed by atoms with Crippen LogP contribution in [0.1, 0.15) is 0 Å². The number of anilines is 2. The average Bonchev–Trinajstić information content (AvgIpc) is 2.54. The fourth-order valence-electron chi connectivity index (χ4n) is 2.39. The standard InChI is InChI=1S/C16H12N2O2S2/c19-15-13(21-11-7-3-1-5-9(11)17-15)14-16(20)18-10-6-2-4-8-12(10)22-14/h1-8,15,17,19H,(H,18,20)/b14-13+. The summed E-state index contributed by atoms with van der Waals surface area (Å²) in [5.41, 5.74) is 1.69. The molecule has 0 spiro atoms. The van der Waals surface area contributed by atoms with Crippen molar-refractivity contribution in [2.24, 2.45) is 0 Å². The van der Waals surface area contributed by atoms with Gasteiger partial charge in [0.25, 0.3) is 5.91 Å². The first-order chi connectivity index (χ1) is 10.7. The molecule has 2 aromatic carbocycles. The van der Waals surface area contributed by atoms with Crippen molar-refractivity contribution in [1.82, 2.24) is 0 Å². The zero-order chi connectivity index (χ0) is 15.1. The number of aliphatic hydroxyl groups is 1. The minimum absolute atomic E-state index is 0.175. The molecule has 1 atom stereocenters. The molecule has 2 aliphatic rings. The van der Waals surface area contributed by atoms with Gasteiger partial charge in [-0.05, 0) is 24.3 Å². The van der Waals surface area contributed by atoms with E-state index in [1.807, 2.05) is 48.5 Å². The van der Waals surface area contributed by atoms with Crippen molar-refractivity contribution in [3.05, 3.63) is 58.3 Å². The van der Waals surface area contributed by atoms with Crippen LogP contribution in [0.25, 0.3) is 0 Å². The zero-order valence-electron chi connectivity index (χ0n) is 11.4. The number of aliphatic hydroxyl groups excluding tert-OH is 1. The van der Waals surface area contributed by atoms with Crippen LogP contribution in [0, 0.1) is 0 Å². The first kappa shape index (κ1) is 13.8. The van der Waals surface area contributed by atoms with Crippen LogP contribution in [0.5, 0.6) is 0 Å². The summed E-state index contributed by atoms with van der Waals surface area (Å²) in [6.07, 6.45) is -0.876. The lowest BCUT2D eigenvalue weighted by Gasteiger charge is -2.28. The summed E-state index contributed by atoms with van der Waals surface area (Å²) in [4.78, 5) is 15.5. The Bertz CT molecular complexity index is 804. The summed E-state index contributed by atoms with van der Waals surface area (Å²) in [6.45, 7) is 0. The Labute approximate surface area is 136 Å². The number of para-hydroxylation sites is 2. The van der Waals surface area contributed by atoms with E-state index in [2.05, 4.69) is 10.6 Å². The zero-order valence-corrected chi connectivity index (χ0v) is 13.0. The minimum atomic E-state index is -0.876. The maximum Gasteiger partial charge on any atom is 0.263 e. The molecule has 0 fully saturated rings. The summed E-state index contributed by atoms with van der Waals surface area (Å²) in [5.74, 6) is -0.175. The van der Waals surface area contributed by atoms with Gasteiger partial charge in [-0.15, -0.1) is 0 Å². The molecule has 4 rings (SSSR count). The molecule has 1 amide bonds. The minimum Gasteiger partial charge on any atom is -0.369 e. The predicted molar refractivity (Wildman–Crippen MR) is 89.9 cm³/mol. The smallest absolute Gasteiger partial charge is 0.263 e. The highest BCUT2D eigenvalue weighted by molar-refractivity contribution is 8.07. The molecule has 3 N–H and O–H groups in total. The van der Waals surface area contributed by atoms with Gasteiger partial charge in [0.1, 0.15) is 0 Å². The molecule has 110 valence electrons. The summed E-state index contributed by atoms with van der Waals surface area (Å²) in [5, 5.41) is 16.3. The number of thioether (sulfide) groups is 2. The normalized spacial score (nSPS) is 23.1. The third-order valence-electron chi connectivity index (χ3n) is 3.42. The van der Waals surface area contributed by atoms with Crippen molar-refractivity contribution >= 4 is 40.8 Å². The van der Waals surface area contributed by atoms with Crippen LogP contribution in [0.15, 0.2) is 68.1 Å². The third-order valence-corrected chi connectivity index (χ3v) is 5.96. The predicted octanol–water partition coefficient (Wildman–Crippen LogP) is 3.48. The van der Waals surface area contributed by atoms with Gasteiger partial charge in [0.05, 0.1) is 21.2 Å². The number of carbonyl (C=O) groups excluding carboxylic acids is 1. The van der Waals surface area contributed by atoms with Gasteiger partial charge in [-0.1, -0.05) is 47.8 Å². The molecule has 0 bridgehead atoms. The topological polar surface area (TPSA) is 61.4 Å². The molecular weight excluding hydrogens is 316 g/mol. The maximum absolute atomic E-state index is 12.4. The highest BCUT2D eigenvalue weighted by Gasteiger charge is 2.30. The average molecular weight is 328 g/mol. The Hall–Kier alpha value is -1.89. The Morgan fingerprint density at radius 1 is 0.909 bits per heavy atom. The molecule has 0 aromatic heterocycles. The molecule has 0 radical (unpaired) electrons. The molecule has 2 aliphatic heterocycles. The number of benzene rings is 2. The van der Waals surface area contributed by atoms with Crippen LogP contribution >= 0.6 is 23.5 Å². The van der Waals surface area contributed by atoms with Gasteiger partial charge in [-0.2, -0.15) is 0 Å². The SMILES string of the molecule is O=C1Nc2ccccc2S/C1=C1/Sc2ccccc2NC1O. The Kier molecular flexibility index (Phi) is 3.37. The summed E-state index contributed by atoms with van der Waals surface area (Å²) in [6, 6.07) is 15.4. The summed E-state index contributed by atoms with van der Waals surface area (Å²) >= 11 is 2.83. The second-order valence-corrected chi connectivity index (χ2v) is 7.03. The van der Waals surface area contributed by atoms with Crippen molar-refractivity contribution < 1.29 is 9.90 Å². The first-order valence-corrected chi connectivity index (χ1v) is 8.39. The number of rotatable bonds is 0. The molecule has 1 unspecified atom stereocenters. The van der Waals surface area contributed by atoms with Crippen molar-refractivity contribution in [2.75, 3.05) is 10.6 Å². The first-order valence-electron chi connectivity index (χ1n) is 6.76. The highest BCUT2D eigenvalue weighted by Crippen LogP contribution is 2.47. The van der Waals surface area contributed by atoms with E-state index in [-0.39, 0.29) is 5.91 Å². The fraction of sp³-hybridized carbons (Fsp3) is 0.0625. The molecular formula is C16H12N2O2S2. The maximum atomic E-state index is 12.4. The van der Waals surface area contributed by atoms with E-state index in [9.17, 15) is 9.90 Å². The number of nitrogens with one attached hydrogen (secondary N) is 2. The van der Waals surface area contributed by atoms with Gasteiger partial charge in [-0.3, -0.25) is 4.79 Å². The molecule has 22 heavy (non-hydrogen) atoms. The third kappa shape index (κ3) is 2.29. The molecule has 0 saturated heterocycles. The molecule has 6 heteroatoms. The van der Waals surface area contributed by atoms with Crippen molar-refractivity contribution in [2.45, 2.75) is 16.0 Å². The van der Waals surface area contributed by atoms with Gasteiger partial charge in [0.15, 0.2) is 6.23 Å². The largest absolute Gasteiger partial charge is 0.369 e. The Balaban J connectivity index is 1.77. The van der Waals surface area contributed by atoms with Crippen molar-refractivity contribution in [1.29, 1.82) is 0 Å². The summed E-state index contributed by atoms with van der Waals surface area (Å²) in [7, 11) is 0. The molecule has 4 nitrogen and oxygen atoms in total. The van der Waals surface area contributed by atoms with Crippen LogP contribution in [0.2, 0.25) is 0 Å². The van der Waals surface area contributed by atoms with E-state index in [0.717, 1.165) is 21.2 Å². The van der Waals surface area contributed by atoms with E-state index < -0.39 is 6.23 Å². The Morgan fingerprint density at radius 3 is 2.32 bits per heavy atom. The van der Waals surface area contributed by atoms with Gasteiger partial charge < -0.3 is 15.7 Å². The van der Waals surface area contributed by atoms with Crippen LogP contribution in [0.4, 0.5) is 11.4 Å².